The minimum Gasteiger partial charge on any atom is -0.352 e. The Bertz CT molecular complexity index is 1160. The summed E-state index contributed by atoms with van der Waals surface area (Å²) in [6.45, 7) is 1.03. The molecule has 0 spiro atoms. The average molecular weight is 443 g/mol. The SMILES string of the molecule is O=C(NCc1ccc2ccccc2c1)[C@@H]1CCCN(S(=O)(=O)c2ccc(Cl)cc2)C1. The third-order valence-electron chi connectivity index (χ3n) is 5.49. The van der Waals surface area contributed by atoms with E-state index in [0.29, 0.717) is 31.0 Å². The Morgan fingerprint density at radius 2 is 1.77 bits per heavy atom. The second-order valence-corrected chi connectivity index (χ2v) is 9.93. The molecule has 1 aliphatic rings. The molecular weight excluding hydrogens is 420 g/mol. The molecular formula is C23H23ClN2O3S. The Kier molecular flexibility index (Phi) is 6.09. The van der Waals surface area contributed by atoms with Crippen molar-refractivity contribution >= 4 is 38.3 Å². The van der Waals surface area contributed by atoms with E-state index in [4.69, 9.17) is 11.6 Å². The number of rotatable bonds is 5. The Morgan fingerprint density at radius 3 is 2.53 bits per heavy atom. The lowest BCUT2D eigenvalue weighted by Crippen LogP contribution is -2.45. The predicted molar refractivity (Wildman–Crippen MR) is 119 cm³/mol. The molecule has 1 saturated heterocycles. The van der Waals surface area contributed by atoms with Gasteiger partial charge >= 0.3 is 0 Å². The van der Waals surface area contributed by atoms with E-state index >= 15 is 0 Å². The van der Waals surface area contributed by atoms with Gasteiger partial charge in [0.05, 0.1) is 10.8 Å². The summed E-state index contributed by atoms with van der Waals surface area (Å²) in [4.78, 5) is 12.9. The van der Waals surface area contributed by atoms with Crippen molar-refractivity contribution in [2.75, 3.05) is 13.1 Å². The summed E-state index contributed by atoms with van der Waals surface area (Å²) < 4.78 is 27.2. The zero-order chi connectivity index (χ0) is 21.1. The van der Waals surface area contributed by atoms with Crippen LogP contribution >= 0.6 is 11.6 Å². The van der Waals surface area contributed by atoms with Crippen LogP contribution < -0.4 is 5.32 Å². The highest BCUT2D eigenvalue weighted by atomic mass is 35.5. The smallest absolute Gasteiger partial charge is 0.243 e. The lowest BCUT2D eigenvalue weighted by atomic mass is 9.98. The molecule has 1 amide bonds. The van der Waals surface area contributed by atoms with Crippen LogP contribution in [0.2, 0.25) is 5.02 Å². The van der Waals surface area contributed by atoms with Gasteiger partial charge < -0.3 is 5.32 Å². The van der Waals surface area contributed by atoms with Crippen LogP contribution in [0.25, 0.3) is 10.8 Å². The Hall–Kier alpha value is -2.41. The van der Waals surface area contributed by atoms with Gasteiger partial charge in [0, 0.05) is 24.7 Å². The number of sulfonamides is 1. The van der Waals surface area contributed by atoms with Gasteiger partial charge in [0.1, 0.15) is 0 Å². The highest BCUT2D eigenvalue weighted by molar-refractivity contribution is 7.89. The number of piperidine rings is 1. The van der Waals surface area contributed by atoms with Crippen LogP contribution in [0.3, 0.4) is 0 Å². The van der Waals surface area contributed by atoms with Crippen LogP contribution in [-0.4, -0.2) is 31.7 Å². The van der Waals surface area contributed by atoms with E-state index in [2.05, 4.69) is 17.4 Å². The highest BCUT2D eigenvalue weighted by Gasteiger charge is 2.33. The standard InChI is InChI=1S/C23H23ClN2O3S/c24-21-9-11-22(12-10-21)30(28,29)26-13-3-6-20(16-26)23(27)25-15-17-7-8-18-4-1-2-5-19(18)14-17/h1-2,4-5,7-12,14,20H,3,6,13,15-16H2,(H,25,27)/t20-/m1/s1. The van der Waals surface area contributed by atoms with Crippen molar-refractivity contribution in [1.82, 2.24) is 9.62 Å². The van der Waals surface area contributed by atoms with E-state index in [1.54, 1.807) is 12.1 Å². The average Bonchev–Trinajstić information content (AvgIpc) is 2.77. The molecule has 3 aromatic rings. The van der Waals surface area contributed by atoms with Gasteiger partial charge in [0.25, 0.3) is 0 Å². The third kappa shape index (κ3) is 4.51. The van der Waals surface area contributed by atoms with Gasteiger partial charge in [-0.15, -0.1) is 0 Å². The summed E-state index contributed by atoms with van der Waals surface area (Å²) >= 11 is 5.87. The largest absolute Gasteiger partial charge is 0.352 e. The first kappa shape index (κ1) is 20.8. The fraction of sp³-hybridized carbons (Fsp3) is 0.261. The van der Waals surface area contributed by atoms with Crippen molar-refractivity contribution in [3.63, 3.8) is 0 Å². The molecule has 7 heteroatoms. The third-order valence-corrected chi connectivity index (χ3v) is 7.62. The summed E-state index contributed by atoms with van der Waals surface area (Å²) in [7, 11) is -3.64. The van der Waals surface area contributed by atoms with Crippen LogP contribution in [0.1, 0.15) is 18.4 Å². The van der Waals surface area contributed by atoms with E-state index in [0.717, 1.165) is 16.3 Å². The molecule has 30 heavy (non-hydrogen) atoms. The van der Waals surface area contributed by atoms with Crippen molar-refractivity contribution < 1.29 is 13.2 Å². The van der Waals surface area contributed by atoms with Crippen LogP contribution in [0.5, 0.6) is 0 Å². The van der Waals surface area contributed by atoms with Crippen molar-refractivity contribution in [1.29, 1.82) is 0 Å². The highest BCUT2D eigenvalue weighted by Crippen LogP contribution is 2.25. The summed E-state index contributed by atoms with van der Waals surface area (Å²) in [6.07, 6.45) is 1.33. The Morgan fingerprint density at radius 1 is 1.03 bits per heavy atom. The number of halogens is 1. The molecule has 1 atom stereocenters. The number of nitrogens with one attached hydrogen (secondary N) is 1. The molecule has 1 fully saturated rings. The topological polar surface area (TPSA) is 66.5 Å². The fourth-order valence-electron chi connectivity index (χ4n) is 3.81. The monoisotopic (exact) mass is 442 g/mol. The fourth-order valence-corrected chi connectivity index (χ4v) is 5.46. The molecule has 0 aromatic heterocycles. The molecule has 1 aliphatic heterocycles. The van der Waals surface area contributed by atoms with Crippen LogP contribution in [0.4, 0.5) is 0 Å². The maximum absolute atomic E-state index is 12.9. The quantitative estimate of drug-likeness (QED) is 0.643. The molecule has 5 nitrogen and oxygen atoms in total. The van der Waals surface area contributed by atoms with Crippen molar-refractivity contribution in [3.05, 3.63) is 77.3 Å². The number of fused-ring (bicyclic) bond motifs is 1. The van der Waals surface area contributed by atoms with Crippen molar-refractivity contribution in [2.24, 2.45) is 5.92 Å². The van der Waals surface area contributed by atoms with Crippen LogP contribution in [-0.2, 0) is 21.4 Å². The van der Waals surface area contributed by atoms with Gasteiger partial charge in [-0.1, -0.05) is 48.0 Å². The van der Waals surface area contributed by atoms with Gasteiger partial charge in [-0.2, -0.15) is 4.31 Å². The lowest BCUT2D eigenvalue weighted by Gasteiger charge is -2.31. The number of hydrogen-bond acceptors (Lipinski definition) is 3. The molecule has 0 saturated carbocycles. The summed E-state index contributed by atoms with van der Waals surface area (Å²) in [5.41, 5.74) is 1.02. The second kappa shape index (κ2) is 8.76. The van der Waals surface area contributed by atoms with E-state index in [9.17, 15) is 13.2 Å². The first-order chi connectivity index (χ1) is 14.4. The molecule has 0 unspecified atom stereocenters. The molecule has 1 heterocycles. The molecule has 156 valence electrons. The molecule has 3 aromatic carbocycles. The van der Waals surface area contributed by atoms with E-state index in [-0.39, 0.29) is 23.3 Å². The second-order valence-electron chi connectivity index (χ2n) is 7.56. The minimum atomic E-state index is -3.64. The molecule has 0 bridgehead atoms. The number of hydrogen-bond donors (Lipinski definition) is 1. The van der Waals surface area contributed by atoms with Crippen molar-refractivity contribution in [3.8, 4) is 0 Å². The summed E-state index contributed by atoms with van der Waals surface area (Å²) in [5.74, 6) is -0.472. The summed E-state index contributed by atoms with van der Waals surface area (Å²) in [5, 5.41) is 5.74. The predicted octanol–water partition coefficient (Wildman–Crippen LogP) is 4.21. The maximum Gasteiger partial charge on any atom is 0.243 e. The number of nitrogens with zero attached hydrogens (tertiary/aromatic N) is 1. The minimum absolute atomic E-state index is 0.112. The Balaban J connectivity index is 1.41. The maximum atomic E-state index is 12.9. The van der Waals surface area contributed by atoms with Crippen LogP contribution in [0, 0.1) is 5.92 Å². The van der Waals surface area contributed by atoms with Gasteiger partial charge in [-0.05, 0) is 59.5 Å². The van der Waals surface area contributed by atoms with Gasteiger partial charge in [-0.3, -0.25) is 4.79 Å². The number of benzene rings is 3. The molecule has 1 N–H and O–H groups in total. The van der Waals surface area contributed by atoms with Gasteiger partial charge in [0.2, 0.25) is 15.9 Å². The van der Waals surface area contributed by atoms with E-state index in [1.165, 1.54) is 16.4 Å². The van der Waals surface area contributed by atoms with Crippen LogP contribution in [0.15, 0.2) is 71.6 Å². The zero-order valence-corrected chi connectivity index (χ0v) is 18.0. The Labute approximate surface area is 181 Å². The first-order valence-corrected chi connectivity index (χ1v) is 11.8. The van der Waals surface area contributed by atoms with Gasteiger partial charge in [-0.25, -0.2) is 8.42 Å². The van der Waals surface area contributed by atoms with Gasteiger partial charge in [0.15, 0.2) is 0 Å². The summed E-state index contributed by atoms with van der Waals surface area (Å²) in [6, 6.07) is 20.3. The first-order valence-electron chi connectivity index (χ1n) is 9.94. The number of carbonyl (C=O) groups excluding carboxylic acids is 1. The number of amides is 1. The zero-order valence-electron chi connectivity index (χ0n) is 16.4. The van der Waals surface area contributed by atoms with E-state index < -0.39 is 10.0 Å². The molecule has 0 radical (unpaired) electrons. The molecule has 0 aliphatic carbocycles. The molecule has 4 rings (SSSR count). The van der Waals surface area contributed by atoms with Crippen molar-refractivity contribution in [2.45, 2.75) is 24.3 Å². The lowest BCUT2D eigenvalue weighted by molar-refractivity contribution is -0.126. The number of carbonyl (C=O) groups is 1. The van der Waals surface area contributed by atoms with E-state index in [1.807, 2.05) is 30.3 Å². The normalized spacial score (nSPS) is 17.7.